The fourth-order valence-corrected chi connectivity index (χ4v) is 4.86. The molecule has 0 spiro atoms. The first kappa shape index (κ1) is 21.4. The summed E-state index contributed by atoms with van der Waals surface area (Å²) in [6.07, 6.45) is -1.14. The fraction of sp³-hybridized carbons (Fsp3) is 0.130. The van der Waals surface area contributed by atoms with Crippen molar-refractivity contribution in [3.05, 3.63) is 98.5 Å². The maximum absolute atomic E-state index is 13.6. The van der Waals surface area contributed by atoms with Crippen molar-refractivity contribution >= 4 is 52.1 Å². The van der Waals surface area contributed by atoms with Gasteiger partial charge in [0.1, 0.15) is 5.92 Å². The average molecular weight is 484 g/mol. The topological polar surface area (TPSA) is 93.0 Å². The van der Waals surface area contributed by atoms with Crippen molar-refractivity contribution in [3.8, 4) is 0 Å². The summed E-state index contributed by atoms with van der Waals surface area (Å²) in [7, 11) is 0. The molecular formula is C23H15Cl2N3O5. The number of fused-ring (bicyclic) bond motifs is 1. The van der Waals surface area contributed by atoms with E-state index in [0.717, 1.165) is 4.90 Å². The second-order valence-electron chi connectivity index (χ2n) is 7.59. The van der Waals surface area contributed by atoms with Crippen LogP contribution in [0.2, 0.25) is 10.0 Å². The number of rotatable bonds is 4. The predicted octanol–water partition coefficient (Wildman–Crippen LogP) is 4.95. The molecule has 2 aliphatic heterocycles. The number of hydrogen-bond acceptors (Lipinski definition) is 6. The van der Waals surface area contributed by atoms with Crippen LogP contribution in [0.15, 0.2) is 72.8 Å². The third-order valence-electron chi connectivity index (χ3n) is 5.71. The third-order valence-corrected chi connectivity index (χ3v) is 6.32. The Morgan fingerprint density at radius 2 is 1.55 bits per heavy atom. The summed E-state index contributed by atoms with van der Waals surface area (Å²) < 4.78 is 0. The summed E-state index contributed by atoms with van der Waals surface area (Å²) in [6, 6.07) is 18.8. The molecule has 10 heteroatoms. The molecule has 2 saturated heterocycles. The van der Waals surface area contributed by atoms with Crippen LogP contribution in [-0.2, 0) is 14.4 Å². The monoisotopic (exact) mass is 483 g/mol. The van der Waals surface area contributed by atoms with Crippen molar-refractivity contribution in [1.82, 2.24) is 0 Å². The number of amides is 2. The largest absolute Gasteiger partial charge is 0.273 e. The van der Waals surface area contributed by atoms with Crippen LogP contribution >= 0.6 is 23.2 Å². The zero-order chi connectivity index (χ0) is 23.3. The first-order chi connectivity index (χ1) is 15.9. The summed E-state index contributed by atoms with van der Waals surface area (Å²) in [4.78, 5) is 44.8. The van der Waals surface area contributed by atoms with Crippen LogP contribution in [0.1, 0.15) is 11.6 Å². The highest BCUT2D eigenvalue weighted by molar-refractivity contribution is 6.42. The van der Waals surface area contributed by atoms with Crippen molar-refractivity contribution in [2.75, 3.05) is 9.96 Å². The lowest BCUT2D eigenvalue weighted by Crippen LogP contribution is -2.37. The van der Waals surface area contributed by atoms with Crippen LogP contribution in [0.4, 0.5) is 17.1 Å². The van der Waals surface area contributed by atoms with Gasteiger partial charge < -0.3 is 0 Å². The van der Waals surface area contributed by atoms with Crippen molar-refractivity contribution in [3.63, 3.8) is 0 Å². The first-order valence-corrected chi connectivity index (χ1v) is 10.7. The molecule has 0 unspecified atom stereocenters. The van der Waals surface area contributed by atoms with Crippen LogP contribution in [0.25, 0.3) is 0 Å². The molecule has 166 valence electrons. The Bertz CT molecular complexity index is 1270. The van der Waals surface area contributed by atoms with Gasteiger partial charge in [-0.2, -0.15) is 0 Å². The van der Waals surface area contributed by atoms with Gasteiger partial charge in [0, 0.05) is 12.1 Å². The number of benzene rings is 3. The average Bonchev–Trinajstić information content (AvgIpc) is 3.31. The van der Waals surface area contributed by atoms with E-state index in [1.54, 1.807) is 36.4 Å². The van der Waals surface area contributed by atoms with Gasteiger partial charge in [0.05, 0.1) is 32.4 Å². The maximum Gasteiger partial charge on any atom is 0.269 e. The molecule has 2 aliphatic rings. The van der Waals surface area contributed by atoms with E-state index in [0.29, 0.717) is 11.3 Å². The number of non-ortho nitro benzene ring substituents is 1. The first-order valence-electron chi connectivity index (χ1n) is 9.95. The summed E-state index contributed by atoms with van der Waals surface area (Å²) in [5.41, 5.74) is 1.03. The maximum atomic E-state index is 13.6. The minimum Gasteiger partial charge on any atom is -0.273 e. The van der Waals surface area contributed by atoms with Gasteiger partial charge in [0.25, 0.3) is 11.6 Å². The van der Waals surface area contributed by atoms with Crippen molar-refractivity contribution in [2.45, 2.75) is 12.1 Å². The number of hydroxylamine groups is 1. The van der Waals surface area contributed by atoms with E-state index in [-0.39, 0.29) is 21.4 Å². The zero-order valence-corrected chi connectivity index (χ0v) is 18.3. The Morgan fingerprint density at radius 3 is 2.21 bits per heavy atom. The number of anilines is 2. The van der Waals surface area contributed by atoms with Crippen molar-refractivity contribution in [2.24, 2.45) is 5.92 Å². The number of hydrogen-bond donors (Lipinski definition) is 0. The molecule has 2 fully saturated rings. The smallest absolute Gasteiger partial charge is 0.269 e. The molecule has 3 atom stereocenters. The third kappa shape index (κ3) is 3.43. The molecule has 0 bridgehead atoms. The highest BCUT2D eigenvalue weighted by atomic mass is 35.5. The van der Waals surface area contributed by atoms with E-state index < -0.39 is 34.8 Å². The minimum atomic E-state index is -1.14. The summed E-state index contributed by atoms with van der Waals surface area (Å²) >= 11 is 12.5. The summed E-state index contributed by atoms with van der Waals surface area (Å²) in [6.45, 7) is 0. The van der Waals surface area contributed by atoms with Gasteiger partial charge >= 0.3 is 0 Å². The lowest BCUT2D eigenvalue weighted by Gasteiger charge is -2.29. The van der Waals surface area contributed by atoms with Crippen LogP contribution in [0, 0.1) is 16.0 Å². The molecule has 3 aromatic rings. The van der Waals surface area contributed by atoms with E-state index in [9.17, 15) is 19.7 Å². The molecule has 0 N–H and O–H groups in total. The lowest BCUT2D eigenvalue weighted by atomic mass is 9.90. The highest BCUT2D eigenvalue weighted by Gasteiger charge is 2.60. The van der Waals surface area contributed by atoms with Crippen molar-refractivity contribution in [1.29, 1.82) is 0 Å². The number of carbonyl (C=O) groups excluding carboxylic acids is 2. The molecule has 3 aromatic carbocycles. The van der Waals surface area contributed by atoms with Gasteiger partial charge in [-0.05, 0) is 29.8 Å². The lowest BCUT2D eigenvalue weighted by molar-refractivity contribution is -0.384. The number of para-hydroxylation sites is 2. The number of nitro groups is 1. The molecule has 33 heavy (non-hydrogen) atoms. The summed E-state index contributed by atoms with van der Waals surface area (Å²) in [5, 5.41) is 13.1. The molecule has 5 rings (SSSR count). The second kappa shape index (κ2) is 8.15. The molecule has 2 heterocycles. The number of carbonyl (C=O) groups is 2. The van der Waals surface area contributed by atoms with E-state index >= 15 is 0 Å². The molecule has 8 nitrogen and oxygen atoms in total. The molecule has 0 saturated carbocycles. The minimum absolute atomic E-state index is 0.0953. The van der Waals surface area contributed by atoms with Gasteiger partial charge in [-0.25, -0.2) is 9.96 Å². The van der Waals surface area contributed by atoms with Gasteiger partial charge in [0.15, 0.2) is 6.10 Å². The van der Waals surface area contributed by atoms with Crippen LogP contribution < -0.4 is 9.96 Å². The number of imide groups is 1. The normalized spacial score (nSPS) is 22.1. The molecule has 0 aromatic heterocycles. The van der Waals surface area contributed by atoms with Gasteiger partial charge in [-0.1, -0.05) is 59.6 Å². The van der Waals surface area contributed by atoms with Crippen LogP contribution in [0.5, 0.6) is 0 Å². The Kier molecular flexibility index (Phi) is 5.28. The molecular weight excluding hydrogens is 469 g/mol. The van der Waals surface area contributed by atoms with Gasteiger partial charge in [-0.3, -0.25) is 24.5 Å². The Hall–Kier alpha value is -3.46. The number of nitro benzene ring substituents is 1. The van der Waals surface area contributed by atoms with Gasteiger partial charge in [0.2, 0.25) is 5.91 Å². The number of halogens is 2. The Labute approximate surface area is 198 Å². The van der Waals surface area contributed by atoms with Crippen LogP contribution in [-0.4, -0.2) is 22.8 Å². The summed E-state index contributed by atoms with van der Waals surface area (Å²) in [5.74, 6) is -2.11. The molecule has 0 aliphatic carbocycles. The standard InChI is InChI=1S/C23H15Cl2N3O5/c24-16-10-5-11-17(25)20(16)26-22(29)18-19(13-6-4-9-15(12-13)28(31)32)27(33-21(18)23(26)30)14-7-2-1-3-8-14/h1-12,18-19,21H/t18-,19+,21+/m1/s1. The van der Waals surface area contributed by atoms with E-state index in [2.05, 4.69) is 0 Å². The van der Waals surface area contributed by atoms with Crippen molar-refractivity contribution < 1.29 is 19.3 Å². The van der Waals surface area contributed by atoms with Crippen LogP contribution in [0.3, 0.4) is 0 Å². The van der Waals surface area contributed by atoms with E-state index in [1.165, 1.54) is 35.4 Å². The predicted molar refractivity (Wildman–Crippen MR) is 122 cm³/mol. The van der Waals surface area contributed by atoms with E-state index in [4.69, 9.17) is 28.0 Å². The van der Waals surface area contributed by atoms with E-state index in [1.807, 2.05) is 6.07 Å². The number of nitrogens with zero attached hydrogens (tertiary/aromatic N) is 3. The van der Waals surface area contributed by atoms with Gasteiger partial charge in [-0.15, -0.1) is 0 Å². The second-order valence-corrected chi connectivity index (χ2v) is 8.41. The Morgan fingerprint density at radius 1 is 0.879 bits per heavy atom. The Balaban J connectivity index is 1.63. The zero-order valence-electron chi connectivity index (χ0n) is 16.8. The molecule has 2 amide bonds. The highest BCUT2D eigenvalue weighted by Crippen LogP contribution is 2.49. The molecule has 0 radical (unpaired) electrons. The quantitative estimate of drug-likeness (QED) is 0.296. The SMILES string of the molecule is O=C1[C@H]2[C@H](ON(c3ccccc3)[C@H]2c2cccc([N+](=O)[O-])c2)C(=O)N1c1c(Cl)cccc1Cl. The fourth-order valence-electron chi connectivity index (χ4n) is 4.30.